The SMILES string of the molecule is Cc1cc(Cl)ccc1Oc1nc(C[NH+]2CCOCC2)nc2sc3c(c12)CCC3. The van der Waals surface area contributed by atoms with Crippen molar-refractivity contribution in [2.24, 2.45) is 0 Å². The number of aryl methyl sites for hydroxylation is 3. The molecule has 5 nitrogen and oxygen atoms in total. The monoisotopic (exact) mass is 416 g/mol. The zero-order valence-corrected chi connectivity index (χ0v) is 17.5. The van der Waals surface area contributed by atoms with Crippen LogP contribution in [0.15, 0.2) is 18.2 Å². The lowest BCUT2D eigenvalue weighted by molar-refractivity contribution is -0.922. The lowest BCUT2D eigenvalue weighted by Gasteiger charge is -2.23. The van der Waals surface area contributed by atoms with Gasteiger partial charge in [0.1, 0.15) is 30.2 Å². The molecular formula is C21H23ClN3O2S+. The number of nitrogens with zero attached hydrogens (tertiary/aromatic N) is 2. The number of aromatic nitrogens is 2. The predicted octanol–water partition coefficient (Wildman–Crippen LogP) is 3.35. The number of nitrogens with one attached hydrogen (secondary N) is 1. The summed E-state index contributed by atoms with van der Waals surface area (Å²) in [5.74, 6) is 2.34. The average Bonchev–Trinajstić information content (AvgIpc) is 3.25. The first-order valence-electron chi connectivity index (χ1n) is 9.84. The van der Waals surface area contributed by atoms with E-state index in [1.165, 1.54) is 21.8 Å². The van der Waals surface area contributed by atoms with E-state index in [2.05, 4.69) is 0 Å². The van der Waals surface area contributed by atoms with Gasteiger partial charge in [-0.3, -0.25) is 0 Å². The minimum absolute atomic E-state index is 0.692. The maximum absolute atomic E-state index is 6.35. The molecule has 1 fully saturated rings. The fourth-order valence-electron chi connectivity index (χ4n) is 4.05. The van der Waals surface area contributed by atoms with E-state index in [-0.39, 0.29) is 0 Å². The molecule has 0 spiro atoms. The van der Waals surface area contributed by atoms with Gasteiger partial charge in [-0.25, -0.2) is 4.98 Å². The maximum atomic E-state index is 6.35. The molecule has 0 radical (unpaired) electrons. The highest BCUT2D eigenvalue weighted by molar-refractivity contribution is 7.19. The summed E-state index contributed by atoms with van der Waals surface area (Å²) in [4.78, 5) is 13.8. The van der Waals surface area contributed by atoms with Crippen LogP contribution in [0.1, 0.15) is 28.2 Å². The van der Waals surface area contributed by atoms with Crippen LogP contribution in [0.5, 0.6) is 11.6 Å². The van der Waals surface area contributed by atoms with Crippen LogP contribution in [0, 0.1) is 6.92 Å². The van der Waals surface area contributed by atoms with Crippen LogP contribution in [-0.2, 0) is 24.1 Å². The number of quaternary nitrogens is 1. The summed E-state index contributed by atoms with van der Waals surface area (Å²) in [7, 11) is 0. The van der Waals surface area contributed by atoms with E-state index in [1.807, 2.05) is 36.5 Å². The summed E-state index contributed by atoms with van der Waals surface area (Å²) in [5.41, 5.74) is 2.39. The number of morpholine rings is 1. The fraction of sp³-hybridized carbons (Fsp3) is 0.429. The molecule has 28 heavy (non-hydrogen) atoms. The Kier molecular flexibility index (Phi) is 4.97. The Morgan fingerprint density at radius 2 is 2.07 bits per heavy atom. The van der Waals surface area contributed by atoms with Gasteiger partial charge in [-0.05, 0) is 55.5 Å². The van der Waals surface area contributed by atoms with Crippen molar-refractivity contribution < 1.29 is 14.4 Å². The molecule has 3 heterocycles. The number of benzene rings is 1. The predicted molar refractivity (Wildman–Crippen MR) is 111 cm³/mol. The molecule has 7 heteroatoms. The molecule has 1 aliphatic carbocycles. The number of ether oxygens (including phenoxy) is 2. The average molecular weight is 417 g/mol. The van der Waals surface area contributed by atoms with Crippen LogP contribution in [0.3, 0.4) is 0 Å². The second-order valence-electron chi connectivity index (χ2n) is 7.53. The first-order valence-corrected chi connectivity index (χ1v) is 11.0. The van der Waals surface area contributed by atoms with Gasteiger partial charge >= 0.3 is 0 Å². The quantitative estimate of drug-likeness (QED) is 0.708. The molecule has 1 N–H and O–H groups in total. The normalized spacial score (nSPS) is 17.2. The third-order valence-corrected chi connectivity index (χ3v) is 6.95. The van der Waals surface area contributed by atoms with Gasteiger partial charge in [0.25, 0.3) is 0 Å². The van der Waals surface area contributed by atoms with Crippen molar-refractivity contribution in [2.75, 3.05) is 26.3 Å². The Balaban J connectivity index is 1.56. The van der Waals surface area contributed by atoms with Crippen molar-refractivity contribution in [3.8, 4) is 11.6 Å². The molecule has 0 atom stereocenters. The Hall–Kier alpha value is -1.73. The Labute approximate surface area is 173 Å². The van der Waals surface area contributed by atoms with Crippen LogP contribution in [0.2, 0.25) is 5.02 Å². The summed E-state index contributed by atoms with van der Waals surface area (Å²) in [5, 5.41) is 1.82. The van der Waals surface area contributed by atoms with Crippen LogP contribution in [-0.4, -0.2) is 36.3 Å². The molecule has 5 rings (SSSR count). The number of hydrogen-bond donors (Lipinski definition) is 1. The molecule has 2 aromatic heterocycles. The van der Waals surface area contributed by atoms with E-state index in [9.17, 15) is 0 Å². The summed E-state index contributed by atoms with van der Waals surface area (Å²) in [6.45, 7) is 6.41. The smallest absolute Gasteiger partial charge is 0.231 e. The molecule has 2 aliphatic rings. The van der Waals surface area contributed by atoms with Crippen LogP contribution in [0.4, 0.5) is 0 Å². The second-order valence-corrected chi connectivity index (χ2v) is 9.05. The maximum Gasteiger partial charge on any atom is 0.231 e. The van der Waals surface area contributed by atoms with Gasteiger partial charge in [-0.2, -0.15) is 4.98 Å². The number of thiophene rings is 1. The highest BCUT2D eigenvalue weighted by Crippen LogP contribution is 2.41. The lowest BCUT2D eigenvalue weighted by atomic mass is 10.2. The summed E-state index contributed by atoms with van der Waals surface area (Å²) >= 11 is 7.92. The molecule has 0 saturated carbocycles. The zero-order chi connectivity index (χ0) is 19.1. The van der Waals surface area contributed by atoms with Crippen LogP contribution in [0.25, 0.3) is 10.2 Å². The standard InChI is InChI=1S/C21H22ClN3O2S/c1-13-11-14(22)5-6-16(13)27-20-19-15-3-2-4-17(15)28-21(19)24-18(23-20)12-25-7-9-26-10-8-25/h5-6,11H,2-4,7-10,12H2,1H3/p+1. The highest BCUT2D eigenvalue weighted by atomic mass is 35.5. The molecule has 1 aliphatic heterocycles. The first kappa shape index (κ1) is 18.3. The number of rotatable bonds is 4. The molecule has 0 amide bonds. The van der Waals surface area contributed by atoms with E-state index in [4.69, 9.17) is 31.0 Å². The van der Waals surface area contributed by atoms with E-state index in [0.29, 0.717) is 10.9 Å². The van der Waals surface area contributed by atoms with Crippen molar-refractivity contribution in [2.45, 2.75) is 32.7 Å². The highest BCUT2D eigenvalue weighted by Gasteiger charge is 2.25. The topological polar surface area (TPSA) is 48.7 Å². The Morgan fingerprint density at radius 1 is 1.21 bits per heavy atom. The first-order chi connectivity index (χ1) is 13.7. The molecule has 1 aromatic carbocycles. The van der Waals surface area contributed by atoms with Gasteiger partial charge in [0.05, 0.1) is 18.6 Å². The minimum Gasteiger partial charge on any atom is -0.438 e. The molecular weight excluding hydrogens is 394 g/mol. The van der Waals surface area contributed by atoms with Crippen molar-refractivity contribution in [3.05, 3.63) is 45.1 Å². The minimum atomic E-state index is 0.692. The van der Waals surface area contributed by atoms with E-state index in [1.54, 1.807) is 0 Å². The van der Waals surface area contributed by atoms with Gasteiger partial charge in [-0.1, -0.05) is 11.6 Å². The Bertz CT molecular complexity index is 1030. The Morgan fingerprint density at radius 3 is 2.89 bits per heavy atom. The number of fused-ring (bicyclic) bond motifs is 3. The van der Waals surface area contributed by atoms with Gasteiger partial charge in [0, 0.05) is 9.90 Å². The number of hydrogen-bond acceptors (Lipinski definition) is 5. The van der Waals surface area contributed by atoms with Crippen molar-refractivity contribution in [3.63, 3.8) is 0 Å². The van der Waals surface area contributed by atoms with Crippen molar-refractivity contribution in [1.82, 2.24) is 9.97 Å². The van der Waals surface area contributed by atoms with Crippen LogP contribution < -0.4 is 9.64 Å². The van der Waals surface area contributed by atoms with E-state index < -0.39 is 0 Å². The summed E-state index contributed by atoms with van der Waals surface area (Å²) < 4.78 is 11.8. The number of halogens is 1. The largest absolute Gasteiger partial charge is 0.438 e. The second kappa shape index (κ2) is 7.59. The molecule has 0 unspecified atom stereocenters. The summed E-state index contributed by atoms with van der Waals surface area (Å²) in [6.07, 6.45) is 3.43. The van der Waals surface area contributed by atoms with Crippen LogP contribution >= 0.6 is 22.9 Å². The molecule has 1 saturated heterocycles. The van der Waals surface area contributed by atoms with E-state index in [0.717, 1.165) is 73.0 Å². The van der Waals surface area contributed by atoms with Crippen molar-refractivity contribution in [1.29, 1.82) is 0 Å². The van der Waals surface area contributed by atoms with Gasteiger partial charge in [0.2, 0.25) is 5.88 Å². The van der Waals surface area contributed by atoms with Gasteiger partial charge < -0.3 is 14.4 Å². The zero-order valence-electron chi connectivity index (χ0n) is 15.9. The molecule has 3 aromatic rings. The third kappa shape index (κ3) is 3.50. The van der Waals surface area contributed by atoms with Gasteiger partial charge in [-0.15, -0.1) is 11.3 Å². The third-order valence-electron chi connectivity index (χ3n) is 5.53. The molecule has 0 bridgehead atoms. The fourth-order valence-corrected chi connectivity index (χ4v) is 5.55. The molecule has 146 valence electrons. The lowest BCUT2D eigenvalue weighted by Crippen LogP contribution is -3.12. The van der Waals surface area contributed by atoms with E-state index >= 15 is 0 Å². The van der Waals surface area contributed by atoms with Crippen molar-refractivity contribution >= 4 is 33.2 Å². The van der Waals surface area contributed by atoms with Gasteiger partial charge in [0.15, 0.2) is 5.82 Å². The summed E-state index contributed by atoms with van der Waals surface area (Å²) in [6, 6.07) is 5.70.